The maximum atomic E-state index is 11.9. The summed E-state index contributed by atoms with van der Waals surface area (Å²) in [5.41, 5.74) is 2.21. The molecule has 1 amide bonds. The van der Waals surface area contributed by atoms with Crippen molar-refractivity contribution < 1.29 is 14.3 Å². The lowest BCUT2D eigenvalue weighted by Crippen LogP contribution is -2.26. The molecule has 0 aromatic heterocycles. The number of amides is 1. The number of ether oxygens (including phenoxy) is 2. The molecule has 3 rings (SSSR count). The van der Waals surface area contributed by atoms with Crippen molar-refractivity contribution >= 4 is 12.0 Å². The third kappa shape index (κ3) is 5.36. The molecule has 0 unspecified atom stereocenters. The summed E-state index contributed by atoms with van der Waals surface area (Å²) in [4.78, 5) is 14.2. The average molecular weight is 352 g/mol. The van der Waals surface area contributed by atoms with Gasteiger partial charge < -0.3 is 19.7 Å². The molecule has 0 atom stereocenters. The zero-order valence-corrected chi connectivity index (χ0v) is 15.0. The van der Waals surface area contributed by atoms with Crippen LogP contribution in [0.15, 0.2) is 54.6 Å². The van der Waals surface area contributed by atoms with Crippen molar-refractivity contribution in [3.05, 3.63) is 65.7 Å². The molecule has 0 fully saturated rings. The van der Waals surface area contributed by atoms with E-state index in [-0.39, 0.29) is 12.7 Å². The lowest BCUT2D eigenvalue weighted by Gasteiger charge is -2.16. The fraction of sp³-hybridized carbons (Fsp3) is 0.286. The Morgan fingerprint density at radius 3 is 2.81 bits per heavy atom. The summed E-state index contributed by atoms with van der Waals surface area (Å²) in [6, 6.07) is 16.0. The highest BCUT2D eigenvalue weighted by atomic mass is 16.7. The van der Waals surface area contributed by atoms with Crippen LogP contribution in [0.25, 0.3) is 6.08 Å². The molecule has 0 saturated heterocycles. The van der Waals surface area contributed by atoms with Gasteiger partial charge in [0, 0.05) is 19.2 Å². The van der Waals surface area contributed by atoms with E-state index in [4.69, 9.17) is 9.47 Å². The first-order valence-electron chi connectivity index (χ1n) is 8.79. The molecule has 0 aliphatic carbocycles. The van der Waals surface area contributed by atoms with Gasteiger partial charge in [0.2, 0.25) is 12.7 Å². The lowest BCUT2D eigenvalue weighted by atomic mass is 10.2. The number of carbonyl (C=O) groups excluding carboxylic acids is 1. The van der Waals surface area contributed by atoms with Gasteiger partial charge in [0.15, 0.2) is 11.5 Å². The first-order chi connectivity index (χ1) is 12.7. The van der Waals surface area contributed by atoms with Gasteiger partial charge in [-0.25, -0.2) is 0 Å². The van der Waals surface area contributed by atoms with Crippen LogP contribution in [-0.2, 0) is 11.3 Å². The quantitative estimate of drug-likeness (QED) is 0.586. The Morgan fingerprint density at radius 2 is 1.96 bits per heavy atom. The topological polar surface area (TPSA) is 50.8 Å². The summed E-state index contributed by atoms with van der Waals surface area (Å²) in [6.07, 6.45) is 4.23. The first kappa shape index (κ1) is 18.0. The van der Waals surface area contributed by atoms with E-state index in [2.05, 4.69) is 41.5 Å². The lowest BCUT2D eigenvalue weighted by molar-refractivity contribution is -0.116. The van der Waals surface area contributed by atoms with Crippen LogP contribution < -0.4 is 14.8 Å². The Bertz CT molecular complexity index is 759. The van der Waals surface area contributed by atoms with E-state index in [9.17, 15) is 4.79 Å². The number of nitrogens with zero attached hydrogens (tertiary/aromatic N) is 1. The standard InChI is InChI=1S/C21H24N2O3/c1-23(15-18-6-3-2-4-7-18)13-5-12-22-21(24)11-9-17-8-10-19-20(14-17)26-16-25-19/h2-4,6-11,14H,5,12-13,15-16H2,1H3,(H,22,24)/b11-9+. The SMILES string of the molecule is CN(CCCNC(=O)/C=C/c1ccc2c(c1)OCO2)Cc1ccccc1. The molecule has 5 nitrogen and oxygen atoms in total. The van der Waals surface area contributed by atoms with E-state index in [0.717, 1.165) is 30.8 Å². The number of hydrogen-bond donors (Lipinski definition) is 1. The van der Waals surface area contributed by atoms with Gasteiger partial charge >= 0.3 is 0 Å². The Morgan fingerprint density at radius 1 is 1.15 bits per heavy atom. The minimum atomic E-state index is -0.0895. The second kappa shape index (κ2) is 9.06. The summed E-state index contributed by atoms with van der Waals surface area (Å²) >= 11 is 0. The van der Waals surface area contributed by atoms with Crippen molar-refractivity contribution in [1.29, 1.82) is 0 Å². The predicted octanol–water partition coefficient (Wildman–Crippen LogP) is 3.07. The van der Waals surface area contributed by atoms with Gasteiger partial charge in [0.25, 0.3) is 0 Å². The summed E-state index contributed by atoms with van der Waals surface area (Å²) in [5.74, 6) is 1.37. The molecule has 5 heteroatoms. The zero-order valence-electron chi connectivity index (χ0n) is 15.0. The van der Waals surface area contributed by atoms with Crippen molar-refractivity contribution in [2.24, 2.45) is 0 Å². The van der Waals surface area contributed by atoms with Crippen LogP contribution in [0.3, 0.4) is 0 Å². The fourth-order valence-corrected chi connectivity index (χ4v) is 2.78. The number of benzene rings is 2. The van der Waals surface area contributed by atoms with Crippen LogP contribution in [0.5, 0.6) is 11.5 Å². The van der Waals surface area contributed by atoms with E-state index in [1.807, 2.05) is 24.3 Å². The Hall–Kier alpha value is -2.79. The highest BCUT2D eigenvalue weighted by Crippen LogP contribution is 2.32. The van der Waals surface area contributed by atoms with Crippen LogP contribution in [0, 0.1) is 0 Å². The van der Waals surface area contributed by atoms with Gasteiger partial charge in [0.05, 0.1) is 0 Å². The molecule has 26 heavy (non-hydrogen) atoms. The number of hydrogen-bond acceptors (Lipinski definition) is 4. The van der Waals surface area contributed by atoms with E-state index >= 15 is 0 Å². The number of rotatable bonds is 8. The van der Waals surface area contributed by atoms with Crippen molar-refractivity contribution in [2.45, 2.75) is 13.0 Å². The molecule has 0 bridgehead atoms. The van der Waals surface area contributed by atoms with Gasteiger partial charge in [-0.2, -0.15) is 0 Å². The second-order valence-corrected chi connectivity index (χ2v) is 6.31. The van der Waals surface area contributed by atoms with Crippen molar-refractivity contribution in [3.8, 4) is 11.5 Å². The molecule has 0 saturated carbocycles. The van der Waals surface area contributed by atoms with Gasteiger partial charge in [-0.05, 0) is 49.3 Å². The predicted molar refractivity (Wildman–Crippen MR) is 102 cm³/mol. The van der Waals surface area contributed by atoms with Crippen LogP contribution >= 0.6 is 0 Å². The van der Waals surface area contributed by atoms with E-state index < -0.39 is 0 Å². The molecular formula is C21H24N2O3. The highest BCUT2D eigenvalue weighted by Gasteiger charge is 2.12. The molecule has 2 aromatic carbocycles. The average Bonchev–Trinajstić information content (AvgIpc) is 3.12. The summed E-state index contributed by atoms with van der Waals surface area (Å²) in [6.45, 7) is 2.75. The normalized spacial score (nSPS) is 12.7. The molecule has 1 aliphatic heterocycles. The molecular weight excluding hydrogens is 328 g/mol. The smallest absolute Gasteiger partial charge is 0.243 e. The first-order valence-corrected chi connectivity index (χ1v) is 8.79. The molecule has 2 aromatic rings. The third-order valence-electron chi connectivity index (χ3n) is 4.13. The zero-order chi connectivity index (χ0) is 18.2. The van der Waals surface area contributed by atoms with Crippen LogP contribution in [0.4, 0.5) is 0 Å². The molecule has 136 valence electrons. The monoisotopic (exact) mass is 352 g/mol. The second-order valence-electron chi connectivity index (χ2n) is 6.31. The number of nitrogens with one attached hydrogen (secondary N) is 1. The molecule has 1 N–H and O–H groups in total. The maximum absolute atomic E-state index is 11.9. The van der Waals surface area contributed by atoms with E-state index in [0.29, 0.717) is 12.3 Å². The molecule has 0 spiro atoms. The minimum absolute atomic E-state index is 0.0895. The summed E-state index contributed by atoms with van der Waals surface area (Å²) in [5, 5.41) is 2.92. The van der Waals surface area contributed by atoms with Crippen molar-refractivity contribution in [2.75, 3.05) is 26.9 Å². The molecule has 0 radical (unpaired) electrons. The molecule has 1 heterocycles. The van der Waals surface area contributed by atoms with Gasteiger partial charge in [0.1, 0.15) is 0 Å². The number of fused-ring (bicyclic) bond motifs is 1. The number of carbonyl (C=O) groups is 1. The van der Waals surface area contributed by atoms with E-state index in [1.165, 1.54) is 5.56 Å². The molecule has 1 aliphatic rings. The van der Waals surface area contributed by atoms with E-state index in [1.54, 1.807) is 12.2 Å². The van der Waals surface area contributed by atoms with Gasteiger partial charge in [-0.1, -0.05) is 36.4 Å². The highest BCUT2D eigenvalue weighted by molar-refractivity contribution is 5.91. The third-order valence-corrected chi connectivity index (χ3v) is 4.13. The Kier molecular flexibility index (Phi) is 6.28. The minimum Gasteiger partial charge on any atom is -0.454 e. The summed E-state index contributed by atoms with van der Waals surface area (Å²) in [7, 11) is 2.09. The summed E-state index contributed by atoms with van der Waals surface area (Å²) < 4.78 is 10.6. The Labute approximate surface area is 154 Å². The van der Waals surface area contributed by atoms with Crippen LogP contribution in [-0.4, -0.2) is 37.7 Å². The fourth-order valence-electron chi connectivity index (χ4n) is 2.78. The van der Waals surface area contributed by atoms with Gasteiger partial charge in [-0.3, -0.25) is 4.79 Å². The Balaban J connectivity index is 1.35. The maximum Gasteiger partial charge on any atom is 0.243 e. The largest absolute Gasteiger partial charge is 0.454 e. The van der Waals surface area contributed by atoms with Crippen LogP contribution in [0.1, 0.15) is 17.5 Å². The van der Waals surface area contributed by atoms with Crippen LogP contribution in [0.2, 0.25) is 0 Å². The van der Waals surface area contributed by atoms with Crippen molar-refractivity contribution in [3.63, 3.8) is 0 Å². The van der Waals surface area contributed by atoms with Gasteiger partial charge in [-0.15, -0.1) is 0 Å². The van der Waals surface area contributed by atoms with Crippen molar-refractivity contribution in [1.82, 2.24) is 10.2 Å².